The Labute approximate surface area is 107 Å². The Morgan fingerprint density at radius 2 is 1.89 bits per heavy atom. The van der Waals surface area contributed by atoms with Crippen molar-refractivity contribution in [2.24, 2.45) is 0 Å². The Bertz CT molecular complexity index is 634. The molecule has 1 heterocycles. The van der Waals surface area contributed by atoms with Crippen LogP contribution >= 0.6 is 0 Å². The van der Waals surface area contributed by atoms with Gasteiger partial charge in [-0.1, -0.05) is 18.2 Å². The van der Waals surface area contributed by atoms with E-state index in [0.29, 0.717) is 16.3 Å². The first-order valence-electron chi connectivity index (χ1n) is 5.79. The molecule has 2 rings (SSSR count). The van der Waals surface area contributed by atoms with Crippen molar-refractivity contribution in [3.8, 4) is 0 Å². The topological polar surface area (TPSA) is 44.9 Å². The summed E-state index contributed by atoms with van der Waals surface area (Å²) in [5.74, 6) is 0. The number of halogens is 3. The van der Waals surface area contributed by atoms with Gasteiger partial charge in [0.15, 0.2) is 0 Å². The van der Waals surface area contributed by atoms with Crippen molar-refractivity contribution in [2.45, 2.75) is 19.1 Å². The molecule has 2 N–H and O–H groups in total. The van der Waals surface area contributed by atoms with E-state index in [4.69, 9.17) is 0 Å². The van der Waals surface area contributed by atoms with Crippen LogP contribution in [0.1, 0.15) is 18.5 Å². The van der Waals surface area contributed by atoms with Gasteiger partial charge in [-0.2, -0.15) is 13.2 Å². The van der Waals surface area contributed by atoms with Gasteiger partial charge < -0.3 is 10.3 Å². The number of hydrogen-bond acceptors (Lipinski definition) is 2. The highest BCUT2D eigenvalue weighted by atomic mass is 19.4. The quantitative estimate of drug-likeness (QED) is 0.900. The summed E-state index contributed by atoms with van der Waals surface area (Å²) in [7, 11) is 0. The minimum atomic E-state index is -4.26. The molecule has 0 aliphatic rings. The molecule has 1 aromatic heterocycles. The molecule has 0 aliphatic carbocycles. The third-order valence-electron chi connectivity index (χ3n) is 2.92. The number of nitrogens with one attached hydrogen (secondary N) is 2. The van der Waals surface area contributed by atoms with Gasteiger partial charge >= 0.3 is 6.18 Å². The average molecular weight is 270 g/mol. The fourth-order valence-electron chi connectivity index (χ4n) is 1.97. The van der Waals surface area contributed by atoms with Crippen molar-refractivity contribution in [2.75, 3.05) is 6.54 Å². The van der Waals surface area contributed by atoms with Gasteiger partial charge in [0.1, 0.15) is 0 Å². The van der Waals surface area contributed by atoms with Gasteiger partial charge in [-0.15, -0.1) is 0 Å². The zero-order chi connectivity index (χ0) is 14.0. The summed E-state index contributed by atoms with van der Waals surface area (Å²) < 4.78 is 36.6. The number of benzene rings is 1. The lowest BCUT2D eigenvalue weighted by molar-refractivity contribution is -0.126. The van der Waals surface area contributed by atoms with E-state index in [1.54, 1.807) is 31.2 Å². The van der Waals surface area contributed by atoms with Crippen molar-refractivity contribution in [3.05, 3.63) is 46.4 Å². The van der Waals surface area contributed by atoms with E-state index in [2.05, 4.69) is 10.3 Å². The van der Waals surface area contributed by atoms with Crippen LogP contribution in [0.3, 0.4) is 0 Å². The highest BCUT2D eigenvalue weighted by Crippen LogP contribution is 2.22. The molecule has 0 spiro atoms. The van der Waals surface area contributed by atoms with Gasteiger partial charge in [0.25, 0.3) is 5.56 Å². The molecule has 0 saturated carbocycles. The van der Waals surface area contributed by atoms with E-state index in [1.807, 2.05) is 0 Å². The molecule has 1 aromatic carbocycles. The lowest BCUT2D eigenvalue weighted by Crippen LogP contribution is -2.31. The Kier molecular flexibility index (Phi) is 3.61. The van der Waals surface area contributed by atoms with Gasteiger partial charge in [-0.25, -0.2) is 0 Å². The first-order valence-corrected chi connectivity index (χ1v) is 5.79. The van der Waals surface area contributed by atoms with Crippen LogP contribution in [0.4, 0.5) is 13.2 Å². The zero-order valence-corrected chi connectivity index (χ0v) is 10.2. The van der Waals surface area contributed by atoms with Crippen LogP contribution in [0.5, 0.6) is 0 Å². The molecule has 19 heavy (non-hydrogen) atoms. The maximum absolute atomic E-state index is 12.2. The number of hydrogen-bond donors (Lipinski definition) is 2. The molecule has 0 radical (unpaired) electrons. The van der Waals surface area contributed by atoms with E-state index >= 15 is 0 Å². The molecule has 1 atom stereocenters. The van der Waals surface area contributed by atoms with E-state index < -0.39 is 18.8 Å². The van der Waals surface area contributed by atoms with Crippen LogP contribution in [0.15, 0.2) is 35.3 Å². The van der Waals surface area contributed by atoms with Crippen molar-refractivity contribution < 1.29 is 13.2 Å². The second-order valence-electron chi connectivity index (χ2n) is 4.34. The number of H-pyrrole nitrogens is 1. The summed E-state index contributed by atoms with van der Waals surface area (Å²) in [5.41, 5.74) is 0.391. The smallest absolute Gasteiger partial charge is 0.328 e. The molecular weight excluding hydrogens is 257 g/mol. The molecule has 3 nitrogen and oxygen atoms in total. The molecule has 1 unspecified atom stereocenters. The third-order valence-corrected chi connectivity index (χ3v) is 2.92. The van der Waals surface area contributed by atoms with Gasteiger partial charge in [0.05, 0.1) is 6.54 Å². The van der Waals surface area contributed by atoms with Gasteiger partial charge in [0, 0.05) is 17.6 Å². The minimum absolute atomic E-state index is 0.248. The van der Waals surface area contributed by atoms with E-state index in [0.717, 1.165) is 0 Å². The summed E-state index contributed by atoms with van der Waals surface area (Å²) in [6.07, 6.45) is -2.80. The highest BCUT2D eigenvalue weighted by Gasteiger charge is 2.27. The summed E-state index contributed by atoms with van der Waals surface area (Å²) in [5, 5.41) is 3.54. The molecule has 0 saturated heterocycles. The largest absolute Gasteiger partial charge is 0.401 e. The second-order valence-corrected chi connectivity index (χ2v) is 4.34. The lowest BCUT2D eigenvalue weighted by atomic mass is 10.0. The van der Waals surface area contributed by atoms with Crippen LogP contribution in [-0.4, -0.2) is 17.7 Å². The van der Waals surface area contributed by atoms with E-state index in [1.165, 1.54) is 6.20 Å². The van der Waals surface area contributed by atoms with Crippen molar-refractivity contribution >= 4 is 10.8 Å². The van der Waals surface area contributed by atoms with Gasteiger partial charge in [-0.05, 0) is 23.9 Å². The highest BCUT2D eigenvalue weighted by molar-refractivity contribution is 5.84. The Balaban J connectivity index is 2.35. The molecular formula is C13H13F3N2O. The lowest BCUT2D eigenvalue weighted by Gasteiger charge is -2.17. The predicted molar refractivity (Wildman–Crippen MR) is 67.0 cm³/mol. The fraction of sp³-hybridized carbons (Fsp3) is 0.308. The minimum Gasteiger partial charge on any atom is -0.328 e. The van der Waals surface area contributed by atoms with Crippen LogP contribution in [-0.2, 0) is 0 Å². The first-order chi connectivity index (χ1) is 8.88. The first kappa shape index (κ1) is 13.6. The average Bonchev–Trinajstić information content (AvgIpc) is 2.36. The van der Waals surface area contributed by atoms with Crippen molar-refractivity contribution in [1.29, 1.82) is 0 Å². The molecule has 6 heteroatoms. The molecule has 0 bridgehead atoms. The standard InChI is InChI=1S/C13H13F3N2O/c1-8(18-7-13(14,15)16)11-6-17-12(19)10-5-3-2-4-9(10)11/h2-6,8,18H,7H2,1H3,(H,17,19). The van der Waals surface area contributed by atoms with Crippen molar-refractivity contribution in [1.82, 2.24) is 10.3 Å². The van der Waals surface area contributed by atoms with Crippen LogP contribution in [0, 0.1) is 0 Å². The molecule has 0 aliphatic heterocycles. The van der Waals surface area contributed by atoms with Crippen molar-refractivity contribution in [3.63, 3.8) is 0 Å². The Morgan fingerprint density at radius 3 is 2.53 bits per heavy atom. The van der Waals surface area contributed by atoms with Gasteiger partial charge in [-0.3, -0.25) is 4.79 Å². The number of fused-ring (bicyclic) bond motifs is 1. The van der Waals surface area contributed by atoms with Crippen LogP contribution in [0.2, 0.25) is 0 Å². The van der Waals surface area contributed by atoms with Gasteiger partial charge in [0.2, 0.25) is 0 Å². The molecule has 102 valence electrons. The number of aromatic nitrogens is 1. The maximum Gasteiger partial charge on any atom is 0.401 e. The monoisotopic (exact) mass is 270 g/mol. The summed E-state index contributed by atoms with van der Waals surface area (Å²) in [6.45, 7) is 0.563. The van der Waals surface area contributed by atoms with Crippen LogP contribution < -0.4 is 10.9 Å². The Hall–Kier alpha value is -1.82. The second kappa shape index (κ2) is 5.05. The number of aromatic amines is 1. The zero-order valence-electron chi connectivity index (χ0n) is 10.2. The Morgan fingerprint density at radius 1 is 1.26 bits per heavy atom. The number of rotatable bonds is 3. The molecule has 0 fully saturated rings. The molecule has 2 aromatic rings. The predicted octanol–water partition coefficient (Wildman–Crippen LogP) is 2.74. The fourth-order valence-corrected chi connectivity index (χ4v) is 1.97. The number of alkyl halides is 3. The summed E-state index contributed by atoms with van der Waals surface area (Å²) >= 11 is 0. The third kappa shape index (κ3) is 3.14. The normalized spacial score (nSPS) is 13.7. The van der Waals surface area contributed by atoms with Crippen LogP contribution in [0.25, 0.3) is 10.8 Å². The summed E-state index contributed by atoms with van der Waals surface area (Å²) in [6, 6.07) is 6.33. The maximum atomic E-state index is 12.2. The summed E-state index contributed by atoms with van der Waals surface area (Å²) in [4.78, 5) is 14.2. The molecule has 0 amide bonds. The van der Waals surface area contributed by atoms with E-state index in [9.17, 15) is 18.0 Å². The number of pyridine rings is 1. The SMILES string of the molecule is CC(NCC(F)(F)F)c1c[nH]c(=O)c2ccccc12. The van der Waals surface area contributed by atoms with E-state index in [-0.39, 0.29) is 5.56 Å².